The summed E-state index contributed by atoms with van der Waals surface area (Å²) in [5, 5.41) is 13.4. The number of nitrogens with zero attached hydrogens (tertiary/aromatic N) is 5. The topological polar surface area (TPSA) is 46.8 Å². The van der Waals surface area contributed by atoms with Crippen LogP contribution in [0.25, 0.3) is 0 Å². The van der Waals surface area contributed by atoms with E-state index < -0.39 is 0 Å². The molecule has 65 valence electrons. The van der Waals surface area contributed by atoms with E-state index in [2.05, 4.69) is 38.0 Å². The van der Waals surface area contributed by atoms with Crippen LogP contribution in [0.4, 0.5) is 0 Å². The van der Waals surface area contributed by atoms with Crippen molar-refractivity contribution in [3.8, 4) is 0 Å². The van der Waals surface area contributed by atoms with Crippen molar-refractivity contribution in [3.05, 3.63) is 5.82 Å². The summed E-state index contributed by atoms with van der Waals surface area (Å²) >= 11 is 4.61. The predicted molar refractivity (Wildman–Crippen MR) is 48.1 cm³/mol. The van der Waals surface area contributed by atoms with Crippen molar-refractivity contribution in [2.45, 2.75) is 6.54 Å². The van der Waals surface area contributed by atoms with Gasteiger partial charge in [0.15, 0.2) is 5.82 Å². The van der Waals surface area contributed by atoms with Crippen molar-refractivity contribution in [2.75, 3.05) is 20.6 Å². The first-order chi connectivity index (χ1) is 5.74. The molecule has 0 aliphatic heterocycles. The summed E-state index contributed by atoms with van der Waals surface area (Å²) in [5.41, 5.74) is 0. The SMILES string of the molecule is CN(C)CCn1nnnc1[C]=S. The molecular weight excluding hydrogens is 174 g/mol. The zero-order chi connectivity index (χ0) is 8.97. The highest BCUT2D eigenvalue weighted by Gasteiger charge is 2.02. The summed E-state index contributed by atoms with van der Waals surface area (Å²) in [4.78, 5) is 2.05. The average Bonchev–Trinajstić information content (AvgIpc) is 2.47. The molecule has 0 N–H and O–H groups in total. The molecule has 1 aromatic heterocycles. The van der Waals surface area contributed by atoms with Crippen LogP contribution in [0.15, 0.2) is 0 Å². The Kier molecular flexibility index (Phi) is 3.24. The normalized spacial score (nSPS) is 10.6. The van der Waals surface area contributed by atoms with Gasteiger partial charge in [0.25, 0.3) is 0 Å². The van der Waals surface area contributed by atoms with E-state index in [1.807, 2.05) is 14.1 Å². The second-order valence-corrected chi connectivity index (χ2v) is 2.84. The maximum absolute atomic E-state index is 4.61. The van der Waals surface area contributed by atoms with Crippen LogP contribution >= 0.6 is 12.2 Å². The van der Waals surface area contributed by atoms with Crippen molar-refractivity contribution >= 4 is 17.6 Å². The molecule has 12 heavy (non-hydrogen) atoms. The lowest BCUT2D eigenvalue weighted by Gasteiger charge is -2.08. The molecule has 0 aliphatic rings. The van der Waals surface area contributed by atoms with Crippen molar-refractivity contribution in [1.82, 2.24) is 25.1 Å². The highest BCUT2D eigenvalue weighted by molar-refractivity contribution is 7.79. The standard InChI is InChI=1S/C6H10N5S/c1-10(2)3-4-11-6(5-12)7-8-9-11/h3-4H2,1-2H3. The highest BCUT2D eigenvalue weighted by atomic mass is 32.1. The molecule has 0 saturated carbocycles. The summed E-state index contributed by atoms with van der Waals surface area (Å²) in [6.45, 7) is 1.62. The van der Waals surface area contributed by atoms with Crippen molar-refractivity contribution < 1.29 is 0 Å². The van der Waals surface area contributed by atoms with E-state index in [0.29, 0.717) is 5.82 Å². The van der Waals surface area contributed by atoms with Crippen LogP contribution in [0.1, 0.15) is 5.82 Å². The third kappa shape index (κ3) is 2.31. The molecule has 0 bridgehead atoms. The van der Waals surface area contributed by atoms with E-state index in [0.717, 1.165) is 13.1 Å². The van der Waals surface area contributed by atoms with Gasteiger partial charge < -0.3 is 4.90 Å². The quantitative estimate of drug-likeness (QED) is 0.588. The Labute approximate surface area is 76.4 Å². The zero-order valence-electron chi connectivity index (χ0n) is 7.06. The molecule has 1 rings (SSSR count). The van der Waals surface area contributed by atoms with Crippen LogP contribution in [0.2, 0.25) is 0 Å². The van der Waals surface area contributed by atoms with Crippen LogP contribution in [0, 0.1) is 0 Å². The maximum atomic E-state index is 4.61. The molecule has 5 nitrogen and oxygen atoms in total. The minimum absolute atomic E-state index is 0.520. The Bertz CT molecular complexity index is 256. The Morgan fingerprint density at radius 3 is 2.92 bits per heavy atom. The molecular formula is C6H10N5S. The molecule has 0 saturated heterocycles. The number of hydrogen-bond donors (Lipinski definition) is 0. The molecule has 0 spiro atoms. The van der Waals surface area contributed by atoms with E-state index in [-0.39, 0.29) is 0 Å². The van der Waals surface area contributed by atoms with E-state index in [1.54, 1.807) is 4.68 Å². The van der Waals surface area contributed by atoms with Gasteiger partial charge in [-0.3, -0.25) is 0 Å². The number of hydrogen-bond acceptors (Lipinski definition) is 5. The fourth-order valence-corrected chi connectivity index (χ4v) is 0.869. The zero-order valence-corrected chi connectivity index (χ0v) is 7.88. The van der Waals surface area contributed by atoms with E-state index in [9.17, 15) is 0 Å². The predicted octanol–water partition coefficient (Wildman–Crippen LogP) is -0.541. The van der Waals surface area contributed by atoms with Crippen molar-refractivity contribution in [3.63, 3.8) is 0 Å². The number of thiocarbonyl (C=S) groups is 1. The number of rotatable bonds is 4. The van der Waals surface area contributed by atoms with E-state index in [1.165, 1.54) is 0 Å². The van der Waals surface area contributed by atoms with Crippen LogP contribution in [0.3, 0.4) is 0 Å². The Morgan fingerprint density at radius 1 is 1.58 bits per heavy atom. The Balaban J connectivity index is 2.56. The van der Waals surface area contributed by atoms with Crippen LogP contribution in [-0.2, 0) is 6.54 Å². The maximum Gasteiger partial charge on any atom is 0.194 e. The van der Waals surface area contributed by atoms with Gasteiger partial charge in [-0.2, -0.15) is 0 Å². The third-order valence-corrected chi connectivity index (χ3v) is 1.56. The van der Waals surface area contributed by atoms with Crippen molar-refractivity contribution in [1.29, 1.82) is 0 Å². The molecule has 1 aromatic rings. The largest absolute Gasteiger partial charge is 0.308 e. The molecule has 0 amide bonds. The van der Waals surface area contributed by atoms with Gasteiger partial charge in [-0.1, -0.05) is 12.2 Å². The van der Waals surface area contributed by atoms with Gasteiger partial charge in [-0.05, 0) is 24.5 Å². The van der Waals surface area contributed by atoms with Gasteiger partial charge >= 0.3 is 0 Å². The molecule has 1 heterocycles. The molecule has 0 unspecified atom stereocenters. The first-order valence-electron chi connectivity index (χ1n) is 3.53. The fraction of sp³-hybridized carbons (Fsp3) is 0.667. The lowest BCUT2D eigenvalue weighted by molar-refractivity contribution is 0.370. The molecule has 1 radical (unpaired) electrons. The van der Waals surface area contributed by atoms with E-state index >= 15 is 0 Å². The minimum Gasteiger partial charge on any atom is -0.308 e. The van der Waals surface area contributed by atoms with Gasteiger partial charge in [0.1, 0.15) is 5.37 Å². The highest BCUT2D eigenvalue weighted by Crippen LogP contribution is 1.88. The smallest absolute Gasteiger partial charge is 0.194 e. The molecule has 0 atom stereocenters. The van der Waals surface area contributed by atoms with Gasteiger partial charge in [-0.15, -0.1) is 5.10 Å². The second-order valence-electron chi connectivity index (χ2n) is 2.63. The van der Waals surface area contributed by atoms with Crippen LogP contribution < -0.4 is 0 Å². The third-order valence-electron chi connectivity index (χ3n) is 1.38. The first kappa shape index (κ1) is 9.21. The average molecular weight is 184 g/mol. The molecule has 0 aliphatic carbocycles. The lowest BCUT2D eigenvalue weighted by Crippen LogP contribution is -2.20. The lowest BCUT2D eigenvalue weighted by atomic mass is 10.5. The number of tetrazole rings is 1. The van der Waals surface area contributed by atoms with Crippen LogP contribution in [-0.4, -0.2) is 51.1 Å². The molecule has 6 heteroatoms. The van der Waals surface area contributed by atoms with Gasteiger partial charge in [0.05, 0.1) is 6.54 Å². The summed E-state index contributed by atoms with van der Waals surface area (Å²) in [6, 6.07) is 0. The fourth-order valence-electron chi connectivity index (χ4n) is 0.723. The second kappa shape index (κ2) is 4.22. The summed E-state index contributed by atoms with van der Waals surface area (Å²) in [6.07, 6.45) is 0. The monoisotopic (exact) mass is 184 g/mol. The minimum atomic E-state index is 0.520. The summed E-state index contributed by atoms with van der Waals surface area (Å²) in [5.74, 6) is 0.520. The molecule has 0 fully saturated rings. The van der Waals surface area contributed by atoms with Gasteiger partial charge in [-0.25, -0.2) is 4.68 Å². The van der Waals surface area contributed by atoms with E-state index in [4.69, 9.17) is 0 Å². The number of likely N-dealkylation sites (N-methyl/N-ethyl adjacent to an activating group) is 1. The molecule has 0 aromatic carbocycles. The number of aromatic nitrogens is 4. The van der Waals surface area contributed by atoms with Gasteiger partial charge in [0.2, 0.25) is 0 Å². The summed E-state index contributed by atoms with van der Waals surface area (Å²) in [7, 11) is 3.98. The van der Waals surface area contributed by atoms with Crippen LogP contribution in [0.5, 0.6) is 0 Å². The Morgan fingerprint density at radius 2 is 2.33 bits per heavy atom. The first-order valence-corrected chi connectivity index (χ1v) is 3.94. The Hall–Kier alpha value is -0.880. The van der Waals surface area contributed by atoms with Crippen molar-refractivity contribution in [2.24, 2.45) is 0 Å². The van der Waals surface area contributed by atoms with Gasteiger partial charge in [0, 0.05) is 6.54 Å². The summed E-state index contributed by atoms with van der Waals surface area (Å²) < 4.78 is 1.63.